The molecule has 1 atom stereocenters. The second-order valence-electron chi connectivity index (χ2n) is 7.30. The molecule has 1 amide bonds. The molecule has 1 aliphatic rings. The molecule has 0 saturated carbocycles. The summed E-state index contributed by atoms with van der Waals surface area (Å²) in [5.41, 5.74) is 3.07. The van der Waals surface area contributed by atoms with Crippen LogP contribution in [0.15, 0.2) is 54.7 Å². The highest BCUT2D eigenvalue weighted by molar-refractivity contribution is 5.92. The van der Waals surface area contributed by atoms with Crippen molar-refractivity contribution in [1.29, 1.82) is 0 Å². The molecular weight excluding hydrogens is 338 g/mol. The molecule has 2 heterocycles. The van der Waals surface area contributed by atoms with Gasteiger partial charge in [0.25, 0.3) is 0 Å². The fourth-order valence-electron chi connectivity index (χ4n) is 3.72. The van der Waals surface area contributed by atoms with Crippen LogP contribution in [0.2, 0.25) is 0 Å². The lowest BCUT2D eigenvalue weighted by Gasteiger charge is -2.18. The Morgan fingerprint density at radius 2 is 2.00 bits per heavy atom. The number of hydrogen-bond donors (Lipinski definition) is 1. The number of nitrogens with one attached hydrogen (secondary N) is 1. The van der Waals surface area contributed by atoms with E-state index in [0.29, 0.717) is 0 Å². The molecule has 5 heteroatoms. The summed E-state index contributed by atoms with van der Waals surface area (Å²) in [6, 6.07) is 16.0. The van der Waals surface area contributed by atoms with Crippen molar-refractivity contribution in [1.82, 2.24) is 4.57 Å². The lowest BCUT2D eigenvalue weighted by molar-refractivity contribution is -0.116. The number of anilines is 2. The summed E-state index contributed by atoms with van der Waals surface area (Å²) in [5.74, 6) is 1.53. The van der Waals surface area contributed by atoms with E-state index in [-0.39, 0.29) is 12.5 Å². The fraction of sp³-hybridized carbons (Fsp3) is 0.318. The molecule has 27 heavy (non-hydrogen) atoms. The SMILES string of the molecule is COc1ccc2c(ccn2CC(=O)Nc2ccc(N3CCC(C)C3)cc2)c1. The standard InChI is InChI=1S/C22H25N3O2/c1-16-9-11-24(14-16)19-5-3-18(4-6-19)23-22(26)15-25-12-10-17-13-20(27-2)7-8-21(17)25/h3-8,10,12-13,16H,9,11,14-15H2,1-2H3,(H,23,26). The zero-order chi connectivity index (χ0) is 18.8. The normalized spacial score (nSPS) is 16.7. The summed E-state index contributed by atoms with van der Waals surface area (Å²) in [7, 11) is 1.65. The molecule has 0 aliphatic carbocycles. The summed E-state index contributed by atoms with van der Waals surface area (Å²) >= 11 is 0. The lowest BCUT2D eigenvalue weighted by atomic mass is 10.2. The first-order valence-electron chi connectivity index (χ1n) is 9.40. The Hall–Kier alpha value is -2.95. The van der Waals surface area contributed by atoms with Crippen LogP contribution >= 0.6 is 0 Å². The topological polar surface area (TPSA) is 46.5 Å². The largest absolute Gasteiger partial charge is 0.497 e. The Morgan fingerprint density at radius 3 is 2.70 bits per heavy atom. The van der Waals surface area contributed by atoms with Crippen molar-refractivity contribution in [2.24, 2.45) is 5.92 Å². The lowest BCUT2D eigenvalue weighted by Crippen LogP contribution is -2.20. The molecule has 2 aromatic carbocycles. The van der Waals surface area contributed by atoms with Gasteiger partial charge in [-0.05, 0) is 60.9 Å². The summed E-state index contributed by atoms with van der Waals surface area (Å²) in [4.78, 5) is 14.9. The molecule has 140 valence electrons. The predicted molar refractivity (Wildman–Crippen MR) is 110 cm³/mol. The van der Waals surface area contributed by atoms with E-state index in [4.69, 9.17) is 4.74 Å². The van der Waals surface area contributed by atoms with E-state index in [1.165, 1.54) is 12.1 Å². The molecule has 1 aliphatic heterocycles. The minimum atomic E-state index is -0.0362. The zero-order valence-electron chi connectivity index (χ0n) is 15.8. The Morgan fingerprint density at radius 1 is 1.19 bits per heavy atom. The van der Waals surface area contributed by atoms with Gasteiger partial charge in [0, 0.05) is 41.6 Å². The second-order valence-corrected chi connectivity index (χ2v) is 7.30. The minimum absolute atomic E-state index is 0.0362. The smallest absolute Gasteiger partial charge is 0.244 e. The summed E-state index contributed by atoms with van der Waals surface area (Å²) in [6.07, 6.45) is 3.18. The van der Waals surface area contributed by atoms with Crippen LogP contribution in [0.4, 0.5) is 11.4 Å². The van der Waals surface area contributed by atoms with Gasteiger partial charge in [0.15, 0.2) is 0 Å². The van der Waals surface area contributed by atoms with Gasteiger partial charge >= 0.3 is 0 Å². The Labute approximate surface area is 159 Å². The van der Waals surface area contributed by atoms with Crippen LogP contribution in [0.3, 0.4) is 0 Å². The third-order valence-electron chi connectivity index (χ3n) is 5.23. The van der Waals surface area contributed by atoms with Gasteiger partial charge in [-0.2, -0.15) is 0 Å². The third-order valence-corrected chi connectivity index (χ3v) is 5.23. The van der Waals surface area contributed by atoms with Crippen LogP contribution in [0.25, 0.3) is 10.9 Å². The number of benzene rings is 2. The van der Waals surface area contributed by atoms with Crippen LogP contribution in [0.5, 0.6) is 5.75 Å². The van der Waals surface area contributed by atoms with Gasteiger partial charge in [0.1, 0.15) is 12.3 Å². The summed E-state index contributed by atoms with van der Waals surface area (Å²) in [5, 5.41) is 4.05. The molecule has 4 rings (SSSR count). The van der Waals surface area contributed by atoms with Crippen molar-refractivity contribution in [2.75, 3.05) is 30.4 Å². The van der Waals surface area contributed by atoms with Gasteiger partial charge in [-0.25, -0.2) is 0 Å². The number of fused-ring (bicyclic) bond motifs is 1. The predicted octanol–water partition coefficient (Wildman–Crippen LogP) is 4.13. The zero-order valence-corrected chi connectivity index (χ0v) is 15.8. The number of aromatic nitrogens is 1. The maximum atomic E-state index is 12.5. The molecule has 0 bridgehead atoms. The average molecular weight is 363 g/mol. The second kappa shape index (κ2) is 7.35. The van der Waals surface area contributed by atoms with Gasteiger partial charge in [-0.3, -0.25) is 4.79 Å². The quantitative estimate of drug-likeness (QED) is 0.741. The maximum absolute atomic E-state index is 12.5. The van der Waals surface area contributed by atoms with Crippen molar-refractivity contribution in [3.8, 4) is 5.75 Å². The van der Waals surface area contributed by atoms with Crippen LogP contribution < -0.4 is 15.0 Å². The van der Waals surface area contributed by atoms with Gasteiger partial charge < -0.3 is 19.5 Å². The highest BCUT2D eigenvalue weighted by Gasteiger charge is 2.18. The van der Waals surface area contributed by atoms with Crippen LogP contribution in [-0.2, 0) is 11.3 Å². The number of rotatable bonds is 5. The first-order chi connectivity index (χ1) is 13.1. The summed E-state index contributed by atoms with van der Waals surface area (Å²) < 4.78 is 7.20. The molecule has 1 saturated heterocycles. The molecular formula is C22H25N3O2. The number of methoxy groups -OCH3 is 1. The van der Waals surface area contributed by atoms with Gasteiger partial charge in [-0.15, -0.1) is 0 Å². The van der Waals surface area contributed by atoms with Gasteiger partial charge in [0.2, 0.25) is 5.91 Å². The number of amides is 1. The van der Waals surface area contributed by atoms with E-state index in [0.717, 1.165) is 41.3 Å². The van der Waals surface area contributed by atoms with Crippen LogP contribution in [0.1, 0.15) is 13.3 Å². The maximum Gasteiger partial charge on any atom is 0.244 e. The number of ether oxygens (including phenoxy) is 1. The minimum Gasteiger partial charge on any atom is -0.497 e. The molecule has 1 N–H and O–H groups in total. The molecule has 3 aromatic rings. The molecule has 5 nitrogen and oxygen atoms in total. The first kappa shape index (κ1) is 17.5. The highest BCUT2D eigenvalue weighted by atomic mass is 16.5. The number of carbonyl (C=O) groups excluding carboxylic acids is 1. The van der Waals surface area contributed by atoms with E-state index in [2.05, 4.69) is 29.3 Å². The van der Waals surface area contributed by atoms with E-state index in [1.807, 2.05) is 47.2 Å². The Bertz CT molecular complexity index is 946. The van der Waals surface area contributed by atoms with Crippen molar-refractivity contribution in [2.45, 2.75) is 19.9 Å². The third kappa shape index (κ3) is 3.77. The first-order valence-corrected chi connectivity index (χ1v) is 9.40. The molecule has 1 unspecified atom stereocenters. The van der Waals surface area contributed by atoms with E-state index in [1.54, 1.807) is 7.11 Å². The Balaban J connectivity index is 1.41. The van der Waals surface area contributed by atoms with Gasteiger partial charge in [-0.1, -0.05) is 6.92 Å². The number of hydrogen-bond acceptors (Lipinski definition) is 3. The molecule has 0 spiro atoms. The van der Waals surface area contributed by atoms with Crippen molar-refractivity contribution >= 4 is 28.2 Å². The fourth-order valence-corrected chi connectivity index (χ4v) is 3.72. The molecule has 1 aromatic heterocycles. The Kier molecular flexibility index (Phi) is 4.75. The molecule has 1 fully saturated rings. The number of nitrogens with zero attached hydrogens (tertiary/aromatic N) is 2. The number of carbonyl (C=O) groups is 1. The average Bonchev–Trinajstić information content (AvgIpc) is 3.28. The van der Waals surface area contributed by atoms with Crippen molar-refractivity contribution < 1.29 is 9.53 Å². The van der Waals surface area contributed by atoms with Crippen molar-refractivity contribution in [3.05, 3.63) is 54.7 Å². The van der Waals surface area contributed by atoms with E-state index in [9.17, 15) is 4.79 Å². The van der Waals surface area contributed by atoms with Crippen LogP contribution in [0, 0.1) is 5.92 Å². The van der Waals surface area contributed by atoms with E-state index < -0.39 is 0 Å². The monoisotopic (exact) mass is 363 g/mol. The van der Waals surface area contributed by atoms with Gasteiger partial charge in [0.05, 0.1) is 7.11 Å². The van der Waals surface area contributed by atoms with Crippen molar-refractivity contribution in [3.63, 3.8) is 0 Å². The van der Waals surface area contributed by atoms with E-state index >= 15 is 0 Å². The van der Waals surface area contributed by atoms with Crippen LogP contribution in [-0.4, -0.2) is 30.7 Å². The summed E-state index contributed by atoms with van der Waals surface area (Å²) in [6.45, 7) is 4.78. The molecule has 0 radical (unpaired) electrons. The highest BCUT2D eigenvalue weighted by Crippen LogP contribution is 2.25.